The smallest absolute Gasteiger partial charge is 0.266 e. The van der Waals surface area contributed by atoms with Gasteiger partial charge in [-0.1, -0.05) is 12.1 Å². The second kappa shape index (κ2) is 5.74. The van der Waals surface area contributed by atoms with Crippen molar-refractivity contribution in [3.05, 3.63) is 48.8 Å². The summed E-state index contributed by atoms with van der Waals surface area (Å²) in [5.41, 5.74) is 2.38. The number of sulfonamides is 1. The van der Waals surface area contributed by atoms with Crippen LogP contribution in [0.4, 0.5) is 11.4 Å². The molecule has 0 saturated carbocycles. The largest absolute Gasteiger partial charge is 0.365 e. The van der Waals surface area contributed by atoms with E-state index in [2.05, 4.69) is 14.9 Å². The predicted molar refractivity (Wildman–Crippen MR) is 102 cm³/mol. The van der Waals surface area contributed by atoms with Crippen molar-refractivity contribution >= 4 is 32.4 Å². The third kappa shape index (κ3) is 2.23. The fourth-order valence-corrected chi connectivity index (χ4v) is 5.88. The maximum Gasteiger partial charge on any atom is 0.266 e. The number of nitrogens with one attached hydrogen (secondary N) is 1. The van der Waals surface area contributed by atoms with Gasteiger partial charge in [-0.05, 0) is 43.5 Å². The summed E-state index contributed by atoms with van der Waals surface area (Å²) >= 11 is 0. The van der Waals surface area contributed by atoms with Gasteiger partial charge in [0.15, 0.2) is 0 Å². The first-order valence-electron chi connectivity index (χ1n) is 8.97. The topological polar surface area (TPSA) is 69.3 Å². The van der Waals surface area contributed by atoms with Gasteiger partial charge in [-0.15, -0.1) is 0 Å². The minimum atomic E-state index is -3.67. The third-order valence-corrected chi connectivity index (χ3v) is 7.26. The Labute approximate surface area is 152 Å². The highest BCUT2D eigenvalue weighted by atomic mass is 32.2. The molecule has 134 valence electrons. The van der Waals surface area contributed by atoms with E-state index in [1.54, 1.807) is 28.8 Å². The van der Waals surface area contributed by atoms with Crippen LogP contribution in [-0.4, -0.2) is 37.5 Å². The minimum absolute atomic E-state index is 0.233. The van der Waals surface area contributed by atoms with Gasteiger partial charge in [0.05, 0.1) is 17.9 Å². The first-order chi connectivity index (χ1) is 12.7. The number of hydrogen-bond donors (Lipinski definition) is 1. The lowest BCUT2D eigenvalue weighted by atomic mass is 9.98. The lowest BCUT2D eigenvalue weighted by molar-refractivity contribution is 0.454. The third-order valence-electron chi connectivity index (χ3n) is 5.44. The summed E-state index contributed by atoms with van der Waals surface area (Å²) in [6.45, 7) is 1.48. The number of aromatic amines is 1. The monoisotopic (exact) mass is 368 g/mol. The number of aromatic nitrogens is 2. The molecule has 0 radical (unpaired) electrons. The number of piperidine rings is 1. The summed E-state index contributed by atoms with van der Waals surface area (Å²) in [7, 11) is -3.67. The molecule has 0 amide bonds. The van der Waals surface area contributed by atoms with E-state index in [9.17, 15) is 8.42 Å². The Balaban J connectivity index is 1.67. The van der Waals surface area contributed by atoms with Gasteiger partial charge in [-0.3, -0.25) is 4.31 Å². The standard InChI is InChI=1S/C19H20N4O2S/c24-26(25,18-12-21-19-15(18)7-5-10-20-19)23-13-14-6-3-4-11-22(14)16-8-1-2-9-17(16)23/h1-2,5,7-10,12,14H,3-4,6,11,13H2,(H,20,21). The van der Waals surface area contributed by atoms with Crippen LogP contribution in [0.2, 0.25) is 0 Å². The molecule has 7 heteroatoms. The lowest BCUT2D eigenvalue weighted by Gasteiger charge is -2.46. The highest BCUT2D eigenvalue weighted by Gasteiger charge is 2.38. The molecular formula is C19H20N4O2S. The van der Waals surface area contributed by atoms with Crippen molar-refractivity contribution in [2.24, 2.45) is 0 Å². The van der Waals surface area contributed by atoms with E-state index in [1.165, 1.54) is 0 Å². The highest BCUT2D eigenvalue weighted by Crippen LogP contribution is 2.41. The van der Waals surface area contributed by atoms with E-state index in [0.29, 0.717) is 22.5 Å². The summed E-state index contributed by atoms with van der Waals surface area (Å²) in [5.74, 6) is 0. The van der Waals surface area contributed by atoms with E-state index >= 15 is 0 Å². The number of benzene rings is 1. The fourth-order valence-electron chi connectivity index (χ4n) is 4.21. The number of anilines is 2. The Morgan fingerprint density at radius 3 is 2.81 bits per heavy atom. The maximum absolute atomic E-state index is 13.6. The number of fused-ring (bicyclic) bond motifs is 4. The Morgan fingerprint density at radius 2 is 1.92 bits per heavy atom. The van der Waals surface area contributed by atoms with Crippen LogP contribution >= 0.6 is 0 Å². The van der Waals surface area contributed by atoms with Crippen LogP contribution in [0, 0.1) is 0 Å². The molecule has 26 heavy (non-hydrogen) atoms. The molecule has 4 heterocycles. The Bertz CT molecular complexity index is 1080. The van der Waals surface area contributed by atoms with Gasteiger partial charge in [0.2, 0.25) is 0 Å². The molecule has 3 aromatic rings. The molecule has 2 aromatic heterocycles. The molecule has 1 N–H and O–H groups in total. The van der Waals surface area contributed by atoms with Gasteiger partial charge in [-0.25, -0.2) is 13.4 Å². The van der Waals surface area contributed by atoms with Crippen LogP contribution in [0.1, 0.15) is 19.3 Å². The number of rotatable bonds is 2. The Morgan fingerprint density at radius 1 is 1.08 bits per heavy atom. The first kappa shape index (κ1) is 15.7. The Hall–Kier alpha value is -2.54. The van der Waals surface area contributed by atoms with Crippen molar-refractivity contribution in [2.45, 2.75) is 30.2 Å². The molecule has 2 aliphatic rings. The summed E-state index contributed by atoms with van der Waals surface area (Å²) in [4.78, 5) is 9.88. The Kier molecular flexibility index (Phi) is 3.46. The minimum Gasteiger partial charge on any atom is -0.365 e. The number of hydrogen-bond acceptors (Lipinski definition) is 4. The maximum atomic E-state index is 13.6. The van der Waals surface area contributed by atoms with Crippen molar-refractivity contribution < 1.29 is 8.42 Å². The number of nitrogens with zero attached hydrogens (tertiary/aromatic N) is 3. The molecule has 2 aliphatic heterocycles. The highest BCUT2D eigenvalue weighted by molar-refractivity contribution is 7.93. The number of H-pyrrole nitrogens is 1. The van der Waals surface area contributed by atoms with E-state index < -0.39 is 10.0 Å². The average molecular weight is 368 g/mol. The molecule has 6 nitrogen and oxygen atoms in total. The molecular weight excluding hydrogens is 348 g/mol. The number of pyridine rings is 1. The summed E-state index contributed by atoms with van der Waals surface area (Å²) < 4.78 is 28.7. The zero-order valence-corrected chi connectivity index (χ0v) is 15.1. The van der Waals surface area contributed by atoms with Gasteiger partial charge < -0.3 is 9.88 Å². The second-order valence-corrected chi connectivity index (χ2v) is 8.75. The molecule has 0 spiro atoms. The van der Waals surface area contributed by atoms with Gasteiger partial charge >= 0.3 is 0 Å². The van der Waals surface area contributed by atoms with Crippen LogP contribution in [-0.2, 0) is 10.0 Å². The SMILES string of the molecule is O=S(=O)(c1c[nH]c2ncccc12)N1CC2CCCCN2c2ccccc21. The zero-order valence-electron chi connectivity index (χ0n) is 14.3. The van der Waals surface area contributed by atoms with Crippen LogP contribution < -0.4 is 9.21 Å². The summed E-state index contributed by atoms with van der Waals surface area (Å²) in [5, 5.41) is 0.635. The van der Waals surface area contributed by atoms with E-state index in [1.807, 2.05) is 24.3 Å². The van der Waals surface area contributed by atoms with Gasteiger partial charge in [0.25, 0.3) is 10.0 Å². The normalized spacial score (nSPS) is 20.1. The van der Waals surface area contributed by atoms with E-state index in [4.69, 9.17) is 0 Å². The second-order valence-electron chi connectivity index (χ2n) is 6.92. The summed E-state index contributed by atoms with van der Waals surface area (Å²) in [6, 6.07) is 11.6. The molecule has 0 aliphatic carbocycles. The van der Waals surface area contributed by atoms with Crippen molar-refractivity contribution in [3.63, 3.8) is 0 Å². The quantitative estimate of drug-likeness (QED) is 0.754. The molecule has 1 saturated heterocycles. The van der Waals surface area contributed by atoms with Crippen LogP contribution in [0.5, 0.6) is 0 Å². The van der Waals surface area contributed by atoms with Crippen LogP contribution in [0.25, 0.3) is 11.0 Å². The molecule has 1 fully saturated rings. The molecule has 0 bridgehead atoms. The lowest BCUT2D eigenvalue weighted by Crippen LogP contribution is -2.52. The van der Waals surface area contributed by atoms with E-state index in [-0.39, 0.29) is 6.04 Å². The molecule has 5 rings (SSSR count). The van der Waals surface area contributed by atoms with Crippen molar-refractivity contribution in [3.8, 4) is 0 Å². The first-order valence-corrected chi connectivity index (χ1v) is 10.4. The average Bonchev–Trinajstić information content (AvgIpc) is 3.12. The van der Waals surface area contributed by atoms with Crippen molar-refractivity contribution in [2.75, 3.05) is 22.3 Å². The zero-order chi connectivity index (χ0) is 17.7. The number of para-hydroxylation sites is 2. The van der Waals surface area contributed by atoms with E-state index in [0.717, 1.165) is 37.2 Å². The molecule has 1 aromatic carbocycles. The molecule has 1 unspecified atom stereocenters. The van der Waals surface area contributed by atoms with Crippen LogP contribution in [0.3, 0.4) is 0 Å². The van der Waals surface area contributed by atoms with Crippen LogP contribution in [0.15, 0.2) is 53.7 Å². The van der Waals surface area contributed by atoms with Gasteiger partial charge in [-0.2, -0.15) is 0 Å². The fraction of sp³-hybridized carbons (Fsp3) is 0.316. The van der Waals surface area contributed by atoms with Gasteiger partial charge in [0.1, 0.15) is 10.5 Å². The van der Waals surface area contributed by atoms with Gasteiger partial charge in [0, 0.05) is 30.4 Å². The van der Waals surface area contributed by atoms with Crippen molar-refractivity contribution in [1.29, 1.82) is 0 Å². The molecule has 1 atom stereocenters. The van der Waals surface area contributed by atoms with Crippen molar-refractivity contribution in [1.82, 2.24) is 9.97 Å². The summed E-state index contributed by atoms with van der Waals surface area (Å²) in [6.07, 6.45) is 6.55. The predicted octanol–water partition coefficient (Wildman–Crippen LogP) is 3.13.